The van der Waals surface area contributed by atoms with E-state index >= 15 is 0 Å². The minimum Gasteiger partial charge on any atom is -0.409 e. The molecule has 0 spiro atoms. The highest BCUT2D eigenvalue weighted by Gasteiger charge is 2.41. The molecule has 8 heteroatoms. The first-order valence-corrected chi connectivity index (χ1v) is 8.55. The van der Waals surface area contributed by atoms with Gasteiger partial charge in [-0.25, -0.2) is 12.7 Å². The number of rotatable bonds is 4. The second-order valence-electron chi connectivity index (χ2n) is 4.68. The van der Waals surface area contributed by atoms with Crippen LogP contribution in [-0.4, -0.2) is 53.1 Å². The van der Waals surface area contributed by atoms with E-state index < -0.39 is 20.0 Å². The standard InChI is InChI=1S/C10H21N3O3S2/c1-8(2)18(15,16)13-6-4-10(17-3,5-7-13)9(11)12-14/h8,14H,4-7H2,1-3H3,(H2,11,12). The van der Waals surface area contributed by atoms with Crippen LogP contribution in [0.5, 0.6) is 0 Å². The summed E-state index contributed by atoms with van der Waals surface area (Å²) in [6.07, 6.45) is 3.02. The first-order valence-electron chi connectivity index (χ1n) is 5.82. The van der Waals surface area contributed by atoms with E-state index in [4.69, 9.17) is 10.9 Å². The molecule has 6 nitrogen and oxygen atoms in total. The molecule has 0 bridgehead atoms. The summed E-state index contributed by atoms with van der Waals surface area (Å²) in [5.74, 6) is 0.177. The number of oxime groups is 1. The molecule has 1 aliphatic heterocycles. The number of sulfonamides is 1. The van der Waals surface area contributed by atoms with Gasteiger partial charge in [0.15, 0.2) is 5.84 Å². The van der Waals surface area contributed by atoms with Crippen molar-refractivity contribution in [2.75, 3.05) is 19.3 Å². The van der Waals surface area contributed by atoms with E-state index in [1.165, 1.54) is 16.1 Å². The Labute approximate surface area is 113 Å². The molecular weight excluding hydrogens is 274 g/mol. The van der Waals surface area contributed by atoms with Gasteiger partial charge < -0.3 is 10.9 Å². The minimum absolute atomic E-state index is 0.177. The van der Waals surface area contributed by atoms with Gasteiger partial charge in [0, 0.05) is 13.1 Å². The van der Waals surface area contributed by atoms with Crippen LogP contribution in [0.4, 0.5) is 0 Å². The van der Waals surface area contributed by atoms with Crippen molar-refractivity contribution < 1.29 is 13.6 Å². The van der Waals surface area contributed by atoms with Gasteiger partial charge in [-0.15, -0.1) is 0 Å². The topological polar surface area (TPSA) is 96.0 Å². The summed E-state index contributed by atoms with van der Waals surface area (Å²) >= 11 is 1.51. The largest absolute Gasteiger partial charge is 0.409 e. The first-order chi connectivity index (χ1) is 8.30. The van der Waals surface area contributed by atoms with E-state index in [0.717, 1.165) is 0 Å². The van der Waals surface area contributed by atoms with Crippen molar-refractivity contribution >= 4 is 27.6 Å². The van der Waals surface area contributed by atoms with Crippen LogP contribution in [0.2, 0.25) is 0 Å². The third-order valence-corrected chi connectivity index (χ3v) is 7.13. The van der Waals surface area contributed by atoms with Gasteiger partial charge in [-0.3, -0.25) is 0 Å². The van der Waals surface area contributed by atoms with Gasteiger partial charge in [0.1, 0.15) is 0 Å². The lowest BCUT2D eigenvalue weighted by Gasteiger charge is -2.39. The van der Waals surface area contributed by atoms with Gasteiger partial charge >= 0.3 is 0 Å². The number of thioether (sulfide) groups is 1. The fourth-order valence-corrected chi connectivity index (χ4v) is 4.18. The molecule has 0 amide bonds. The maximum atomic E-state index is 12.0. The van der Waals surface area contributed by atoms with E-state index in [1.807, 2.05) is 6.26 Å². The minimum atomic E-state index is -3.21. The third kappa shape index (κ3) is 2.75. The highest BCUT2D eigenvalue weighted by atomic mass is 32.2. The monoisotopic (exact) mass is 295 g/mol. The molecule has 106 valence electrons. The molecule has 0 aromatic carbocycles. The second-order valence-corrected chi connectivity index (χ2v) is 8.36. The molecular formula is C10H21N3O3S2. The molecule has 0 saturated carbocycles. The van der Waals surface area contributed by atoms with Crippen LogP contribution in [-0.2, 0) is 10.0 Å². The van der Waals surface area contributed by atoms with Crippen molar-refractivity contribution in [1.29, 1.82) is 0 Å². The normalized spacial score (nSPS) is 22.3. The molecule has 0 aromatic heterocycles. The van der Waals surface area contributed by atoms with Crippen LogP contribution in [0.15, 0.2) is 5.16 Å². The van der Waals surface area contributed by atoms with Crippen LogP contribution in [0.3, 0.4) is 0 Å². The molecule has 1 heterocycles. The van der Waals surface area contributed by atoms with Crippen molar-refractivity contribution in [3.8, 4) is 0 Å². The Morgan fingerprint density at radius 3 is 2.28 bits per heavy atom. The maximum absolute atomic E-state index is 12.0. The number of hydrogen-bond donors (Lipinski definition) is 2. The predicted octanol–water partition coefficient (Wildman–Crippen LogP) is 0.669. The molecule has 0 aliphatic carbocycles. The van der Waals surface area contributed by atoms with Gasteiger partial charge in [-0.2, -0.15) is 11.8 Å². The Hall–Kier alpha value is -0.470. The molecule has 1 aliphatic rings. The van der Waals surface area contributed by atoms with Crippen LogP contribution in [0, 0.1) is 0 Å². The number of hydrogen-bond acceptors (Lipinski definition) is 5. The Morgan fingerprint density at radius 2 is 1.94 bits per heavy atom. The average Bonchev–Trinajstić information content (AvgIpc) is 2.37. The van der Waals surface area contributed by atoms with E-state index in [1.54, 1.807) is 13.8 Å². The quantitative estimate of drug-likeness (QED) is 0.344. The van der Waals surface area contributed by atoms with Gasteiger partial charge in [-0.1, -0.05) is 5.16 Å². The SMILES string of the molecule is CSC1(C(N)=NO)CCN(S(=O)(=O)C(C)C)CC1. The number of nitrogens with zero attached hydrogens (tertiary/aromatic N) is 2. The maximum Gasteiger partial charge on any atom is 0.216 e. The van der Waals surface area contributed by atoms with E-state index in [0.29, 0.717) is 25.9 Å². The van der Waals surface area contributed by atoms with E-state index in [9.17, 15) is 8.42 Å². The fourth-order valence-electron chi connectivity index (χ4n) is 2.06. The molecule has 18 heavy (non-hydrogen) atoms. The van der Waals surface area contributed by atoms with E-state index in [-0.39, 0.29) is 5.84 Å². The molecule has 1 fully saturated rings. The van der Waals surface area contributed by atoms with Crippen LogP contribution in [0.25, 0.3) is 0 Å². The molecule has 0 aromatic rings. The zero-order chi connectivity index (χ0) is 14.0. The smallest absolute Gasteiger partial charge is 0.216 e. The van der Waals surface area contributed by atoms with Crippen molar-refractivity contribution in [3.63, 3.8) is 0 Å². The summed E-state index contributed by atoms with van der Waals surface area (Å²) < 4.78 is 25.1. The molecule has 1 rings (SSSR count). The lowest BCUT2D eigenvalue weighted by Crippen LogP contribution is -2.52. The summed E-state index contributed by atoms with van der Waals surface area (Å²) in [6, 6.07) is 0. The zero-order valence-corrected chi connectivity index (χ0v) is 12.6. The summed E-state index contributed by atoms with van der Waals surface area (Å²) in [5.41, 5.74) is 5.72. The lowest BCUT2D eigenvalue weighted by atomic mass is 9.96. The summed E-state index contributed by atoms with van der Waals surface area (Å²) in [5, 5.41) is 11.5. The first kappa shape index (κ1) is 15.6. The lowest BCUT2D eigenvalue weighted by molar-refractivity contribution is 0.300. The van der Waals surface area contributed by atoms with Gasteiger partial charge in [0.25, 0.3) is 0 Å². The Morgan fingerprint density at radius 1 is 1.44 bits per heavy atom. The van der Waals surface area contributed by atoms with Gasteiger partial charge in [0.2, 0.25) is 10.0 Å². The van der Waals surface area contributed by atoms with Crippen molar-refractivity contribution in [3.05, 3.63) is 0 Å². The van der Waals surface area contributed by atoms with Crippen molar-refractivity contribution in [2.24, 2.45) is 10.9 Å². The average molecular weight is 295 g/mol. The Kier molecular flexibility index (Phi) is 4.90. The van der Waals surface area contributed by atoms with Crippen LogP contribution < -0.4 is 5.73 Å². The second kappa shape index (κ2) is 5.66. The van der Waals surface area contributed by atoms with Crippen LogP contribution in [0.1, 0.15) is 26.7 Å². The van der Waals surface area contributed by atoms with Crippen molar-refractivity contribution in [1.82, 2.24) is 4.31 Å². The fraction of sp³-hybridized carbons (Fsp3) is 0.900. The molecule has 1 saturated heterocycles. The number of piperidine rings is 1. The van der Waals surface area contributed by atoms with Gasteiger partial charge in [-0.05, 0) is 32.9 Å². The highest BCUT2D eigenvalue weighted by Crippen LogP contribution is 2.35. The number of amidine groups is 1. The Balaban J connectivity index is 2.83. The summed E-state index contributed by atoms with van der Waals surface area (Å²) in [4.78, 5) is 0. The molecule has 0 atom stereocenters. The molecule has 0 radical (unpaired) electrons. The van der Waals surface area contributed by atoms with Gasteiger partial charge in [0.05, 0.1) is 10.00 Å². The molecule has 3 N–H and O–H groups in total. The number of nitrogens with two attached hydrogens (primary N) is 1. The Bertz CT molecular complexity index is 412. The third-order valence-electron chi connectivity index (χ3n) is 3.45. The highest BCUT2D eigenvalue weighted by molar-refractivity contribution is 8.00. The summed E-state index contributed by atoms with van der Waals surface area (Å²) in [6.45, 7) is 4.18. The predicted molar refractivity (Wildman–Crippen MR) is 74.5 cm³/mol. The summed E-state index contributed by atoms with van der Waals surface area (Å²) in [7, 11) is -3.21. The van der Waals surface area contributed by atoms with Crippen LogP contribution >= 0.6 is 11.8 Å². The zero-order valence-electron chi connectivity index (χ0n) is 11.0. The molecule has 0 unspecified atom stereocenters. The van der Waals surface area contributed by atoms with Crippen molar-refractivity contribution in [2.45, 2.75) is 36.7 Å². The van der Waals surface area contributed by atoms with E-state index in [2.05, 4.69) is 5.16 Å².